The predicted molar refractivity (Wildman–Crippen MR) is 112 cm³/mol. The van der Waals surface area contributed by atoms with Gasteiger partial charge in [-0.2, -0.15) is 0 Å². The molecule has 1 heterocycles. The number of aromatic nitrogens is 2. The van der Waals surface area contributed by atoms with Crippen LogP contribution in [0.4, 0.5) is 17.2 Å². The first-order chi connectivity index (χ1) is 14.5. The molecule has 31 heavy (non-hydrogen) atoms. The minimum absolute atomic E-state index is 0.00659. The van der Waals surface area contributed by atoms with E-state index in [1.165, 1.54) is 26.2 Å². The molecule has 2 aromatic rings. The summed E-state index contributed by atoms with van der Waals surface area (Å²) in [5.41, 5.74) is 3.64. The van der Waals surface area contributed by atoms with Gasteiger partial charge in [-0.05, 0) is 12.0 Å². The Labute approximate surface area is 176 Å². The van der Waals surface area contributed by atoms with Crippen LogP contribution in [0.25, 0.3) is 0 Å². The molecule has 0 radical (unpaired) electrons. The molecule has 12 nitrogen and oxygen atoms in total. The van der Waals surface area contributed by atoms with Gasteiger partial charge in [-0.25, -0.2) is 9.59 Å². The molecule has 0 unspecified atom stereocenters. The van der Waals surface area contributed by atoms with Crippen molar-refractivity contribution in [3.05, 3.63) is 60.3 Å². The molecule has 3 N–H and O–H groups in total. The molecule has 0 aliphatic heterocycles. The number of nitrogens with two attached hydrogens (primary N) is 1. The lowest BCUT2D eigenvalue weighted by molar-refractivity contribution is -0.384. The van der Waals surface area contributed by atoms with Crippen molar-refractivity contribution in [1.29, 1.82) is 0 Å². The highest BCUT2D eigenvalue weighted by molar-refractivity contribution is 6.03. The van der Waals surface area contributed by atoms with E-state index in [-0.39, 0.29) is 35.2 Å². The van der Waals surface area contributed by atoms with Crippen LogP contribution in [0.1, 0.15) is 34.6 Å². The number of nitro groups is 1. The quantitative estimate of drug-likeness (QED) is 0.264. The molecular formula is C19H23N5O7. The van der Waals surface area contributed by atoms with E-state index in [9.17, 15) is 29.3 Å². The number of hydrogen-bond acceptors (Lipinski definition) is 9. The SMILES string of the molecule is CNc1ccc([N+](=O)[O-])cc1C(=O)OCC(=O)c1c(N)n(CC(C)C)c(=O)n(C)c1=O. The third kappa shape index (κ3) is 4.79. The minimum Gasteiger partial charge on any atom is -0.454 e. The van der Waals surface area contributed by atoms with E-state index in [2.05, 4.69) is 5.32 Å². The van der Waals surface area contributed by atoms with Crippen LogP contribution in [0.3, 0.4) is 0 Å². The molecule has 0 fully saturated rings. The highest BCUT2D eigenvalue weighted by Gasteiger charge is 2.24. The lowest BCUT2D eigenvalue weighted by atomic mass is 10.1. The molecule has 166 valence electrons. The van der Waals surface area contributed by atoms with Crippen molar-refractivity contribution in [3.8, 4) is 0 Å². The number of carbonyl (C=O) groups excluding carboxylic acids is 2. The fourth-order valence-corrected chi connectivity index (χ4v) is 2.90. The second-order valence-corrected chi connectivity index (χ2v) is 7.15. The summed E-state index contributed by atoms with van der Waals surface area (Å²) in [5, 5.41) is 13.7. The molecule has 2 rings (SSSR count). The van der Waals surface area contributed by atoms with Crippen LogP contribution in [0.2, 0.25) is 0 Å². The van der Waals surface area contributed by atoms with E-state index < -0.39 is 40.1 Å². The Morgan fingerprint density at radius 2 is 1.94 bits per heavy atom. The Bertz CT molecular complexity index is 1160. The summed E-state index contributed by atoms with van der Waals surface area (Å²) in [6.07, 6.45) is 0. The highest BCUT2D eigenvalue weighted by atomic mass is 16.6. The van der Waals surface area contributed by atoms with Crippen molar-refractivity contribution >= 4 is 28.9 Å². The molecular weight excluding hydrogens is 410 g/mol. The number of ether oxygens (including phenoxy) is 1. The van der Waals surface area contributed by atoms with Crippen LogP contribution < -0.4 is 22.3 Å². The van der Waals surface area contributed by atoms with E-state index in [4.69, 9.17) is 10.5 Å². The van der Waals surface area contributed by atoms with E-state index in [1.807, 2.05) is 13.8 Å². The Morgan fingerprint density at radius 3 is 2.48 bits per heavy atom. The van der Waals surface area contributed by atoms with Gasteiger partial charge in [0.15, 0.2) is 6.61 Å². The number of anilines is 2. The van der Waals surface area contributed by atoms with Gasteiger partial charge in [0.1, 0.15) is 11.4 Å². The van der Waals surface area contributed by atoms with Gasteiger partial charge in [-0.15, -0.1) is 0 Å². The van der Waals surface area contributed by atoms with Crippen molar-refractivity contribution in [3.63, 3.8) is 0 Å². The van der Waals surface area contributed by atoms with Crippen molar-refractivity contribution in [1.82, 2.24) is 9.13 Å². The summed E-state index contributed by atoms with van der Waals surface area (Å²) in [5.74, 6) is -2.21. The van der Waals surface area contributed by atoms with E-state index in [0.29, 0.717) is 0 Å². The van der Waals surface area contributed by atoms with Gasteiger partial charge in [0.25, 0.3) is 11.2 Å². The number of hydrogen-bond donors (Lipinski definition) is 2. The second-order valence-electron chi connectivity index (χ2n) is 7.15. The molecule has 0 bridgehead atoms. The van der Waals surface area contributed by atoms with Gasteiger partial charge in [0.05, 0.1) is 10.5 Å². The number of nitrogen functional groups attached to an aromatic ring is 1. The summed E-state index contributed by atoms with van der Waals surface area (Å²) in [4.78, 5) is 60.1. The average Bonchev–Trinajstić information content (AvgIpc) is 2.72. The average molecular weight is 433 g/mol. The Kier molecular flexibility index (Phi) is 6.95. The number of nitro benzene ring substituents is 1. The fraction of sp³-hybridized carbons (Fsp3) is 0.368. The summed E-state index contributed by atoms with van der Waals surface area (Å²) in [7, 11) is 2.72. The van der Waals surface area contributed by atoms with Crippen LogP contribution in [0.5, 0.6) is 0 Å². The van der Waals surface area contributed by atoms with E-state index in [1.54, 1.807) is 0 Å². The zero-order valence-corrected chi connectivity index (χ0v) is 17.5. The van der Waals surface area contributed by atoms with Gasteiger partial charge in [0.2, 0.25) is 5.78 Å². The fourth-order valence-electron chi connectivity index (χ4n) is 2.90. The number of benzene rings is 1. The lowest BCUT2D eigenvalue weighted by Gasteiger charge is -2.16. The van der Waals surface area contributed by atoms with Gasteiger partial charge in [-0.3, -0.25) is 28.8 Å². The van der Waals surface area contributed by atoms with Crippen LogP contribution in [-0.4, -0.2) is 39.5 Å². The van der Waals surface area contributed by atoms with Crippen LogP contribution >= 0.6 is 0 Å². The predicted octanol–water partition coefficient (Wildman–Crippen LogP) is 0.775. The molecule has 0 saturated heterocycles. The monoisotopic (exact) mass is 433 g/mol. The van der Waals surface area contributed by atoms with Gasteiger partial charge in [0, 0.05) is 38.5 Å². The summed E-state index contributed by atoms with van der Waals surface area (Å²) in [6, 6.07) is 3.54. The van der Waals surface area contributed by atoms with Crippen molar-refractivity contribution in [2.24, 2.45) is 13.0 Å². The minimum atomic E-state index is -1.01. The van der Waals surface area contributed by atoms with Gasteiger partial charge in [-0.1, -0.05) is 13.8 Å². The number of nitrogens with zero attached hydrogens (tertiary/aromatic N) is 3. The van der Waals surface area contributed by atoms with Crippen LogP contribution in [-0.2, 0) is 18.3 Å². The van der Waals surface area contributed by atoms with Gasteiger partial charge >= 0.3 is 11.7 Å². The van der Waals surface area contributed by atoms with E-state index in [0.717, 1.165) is 15.2 Å². The maximum Gasteiger partial charge on any atom is 0.340 e. The largest absolute Gasteiger partial charge is 0.454 e. The maximum atomic E-state index is 12.6. The number of ketones is 1. The van der Waals surface area contributed by atoms with Crippen molar-refractivity contribution < 1.29 is 19.2 Å². The maximum absolute atomic E-state index is 12.6. The number of Topliss-reactive ketones (excluding diaryl/α,β-unsaturated/α-hetero) is 1. The first-order valence-corrected chi connectivity index (χ1v) is 9.25. The third-order valence-corrected chi connectivity index (χ3v) is 4.45. The zero-order valence-electron chi connectivity index (χ0n) is 17.5. The van der Waals surface area contributed by atoms with Gasteiger partial charge < -0.3 is 15.8 Å². The molecule has 0 aliphatic rings. The Balaban J connectivity index is 2.35. The normalized spacial score (nSPS) is 10.7. The lowest BCUT2D eigenvalue weighted by Crippen LogP contribution is -2.43. The van der Waals surface area contributed by atoms with Crippen molar-refractivity contribution in [2.45, 2.75) is 20.4 Å². The number of esters is 1. The highest BCUT2D eigenvalue weighted by Crippen LogP contribution is 2.22. The summed E-state index contributed by atoms with van der Waals surface area (Å²) < 4.78 is 6.85. The molecule has 0 saturated carbocycles. The molecule has 1 aromatic heterocycles. The first kappa shape index (κ1) is 23.3. The second kappa shape index (κ2) is 9.24. The number of non-ortho nitro benzene ring substituents is 1. The van der Waals surface area contributed by atoms with Crippen LogP contribution in [0, 0.1) is 16.0 Å². The summed E-state index contributed by atoms with van der Waals surface area (Å²) in [6.45, 7) is 3.00. The number of rotatable bonds is 8. The number of carbonyl (C=O) groups is 2. The standard InChI is InChI=1S/C19H23N5O7/c1-10(2)8-23-16(20)15(17(26)22(4)19(23)28)14(25)9-31-18(27)12-7-11(24(29)30)5-6-13(12)21-3/h5-7,10,21H,8-9,20H2,1-4H3. The molecule has 0 atom stereocenters. The molecule has 0 spiro atoms. The first-order valence-electron chi connectivity index (χ1n) is 9.25. The third-order valence-electron chi connectivity index (χ3n) is 4.45. The zero-order chi connectivity index (χ0) is 23.5. The van der Waals surface area contributed by atoms with Crippen LogP contribution in [0.15, 0.2) is 27.8 Å². The number of nitrogens with one attached hydrogen (secondary N) is 1. The molecule has 1 aromatic carbocycles. The molecule has 0 aliphatic carbocycles. The molecule has 12 heteroatoms. The summed E-state index contributed by atoms with van der Waals surface area (Å²) >= 11 is 0. The Morgan fingerprint density at radius 1 is 1.29 bits per heavy atom. The Hall–Kier alpha value is -3.96. The smallest absolute Gasteiger partial charge is 0.340 e. The molecule has 0 amide bonds. The topological polar surface area (TPSA) is 169 Å². The van der Waals surface area contributed by atoms with E-state index >= 15 is 0 Å². The van der Waals surface area contributed by atoms with Crippen molar-refractivity contribution in [2.75, 3.05) is 24.7 Å².